The zero-order chi connectivity index (χ0) is 10.7. The third kappa shape index (κ3) is 2.60. The van der Waals surface area contributed by atoms with Gasteiger partial charge in [0, 0.05) is 17.6 Å². The van der Waals surface area contributed by atoms with Crippen molar-refractivity contribution in [3.63, 3.8) is 0 Å². The summed E-state index contributed by atoms with van der Waals surface area (Å²) in [5.74, 6) is 0. The molecule has 2 rings (SSSR count). The summed E-state index contributed by atoms with van der Waals surface area (Å²) < 4.78 is 7.14. The van der Waals surface area contributed by atoms with Gasteiger partial charge >= 0.3 is 0 Å². The highest BCUT2D eigenvalue weighted by molar-refractivity contribution is 9.10. The van der Waals surface area contributed by atoms with Crippen molar-refractivity contribution < 1.29 is 4.74 Å². The minimum Gasteiger partial charge on any atom is -0.368 e. The molecule has 2 unspecified atom stereocenters. The van der Waals surface area contributed by atoms with E-state index in [-0.39, 0.29) is 6.10 Å². The van der Waals surface area contributed by atoms with Crippen LogP contribution in [0.25, 0.3) is 0 Å². The quantitative estimate of drug-likeness (QED) is 0.892. The number of morpholine rings is 1. The molecule has 1 aliphatic heterocycles. The van der Waals surface area contributed by atoms with Crippen molar-refractivity contribution in [1.82, 2.24) is 5.32 Å². The van der Waals surface area contributed by atoms with E-state index in [1.165, 1.54) is 5.56 Å². The van der Waals surface area contributed by atoms with E-state index in [1.54, 1.807) is 0 Å². The van der Waals surface area contributed by atoms with Gasteiger partial charge in [0.2, 0.25) is 0 Å². The van der Waals surface area contributed by atoms with Gasteiger partial charge in [0.05, 0.1) is 12.2 Å². The van der Waals surface area contributed by atoms with Gasteiger partial charge in [-0.2, -0.15) is 0 Å². The van der Waals surface area contributed by atoms with Crippen LogP contribution in [-0.2, 0) is 4.74 Å². The molecule has 0 bridgehead atoms. The van der Waals surface area contributed by atoms with Crippen molar-refractivity contribution in [1.29, 1.82) is 0 Å². The molecule has 3 heteroatoms. The Morgan fingerprint density at radius 1 is 1.40 bits per heavy atom. The first-order chi connectivity index (χ1) is 7.31. The largest absolute Gasteiger partial charge is 0.368 e. The Balaban J connectivity index is 2.13. The smallest absolute Gasteiger partial charge is 0.0964 e. The first-order valence-corrected chi connectivity index (χ1v) is 6.21. The molecule has 0 saturated carbocycles. The lowest BCUT2D eigenvalue weighted by atomic mass is 10.1. The number of benzene rings is 1. The summed E-state index contributed by atoms with van der Waals surface area (Å²) in [7, 11) is 0. The molecule has 1 heterocycles. The van der Waals surface area contributed by atoms with Crippen LogP contribution in [0.15, 0.2) is 28.7 Å². The summed E-state index contributed by atoms with van der Waals surface area (Å²) in [5, 5.41) is 3.42. The van der Waals surface area contributed by atoms with Crippen LogP contribution in [0.1, 0.15) is 25.0 Å². The second kappa shape index (κ2) is 5.10. The van der Waals surface area contributed by atoms with Crippen molar-refractivity contribution in [3.05, 3.63) is 34.3 Å². The third-order valence-electron chi connectivity index (χ3n) is 2.77. The predicted octanol–water partition coefficient (Wildman–Crippen LogP) is 2.89. The molecule has 2 atom stereocenters. The summed E-state index contributed by atoms with van der Waals surface area (Å²) in [6, 6.07) is 8.27. The Hall–Kier alpha value is -0.380. The van der Waals surface area contributed by atoms with Gasteiger partial charge in [-0.1, -0.05) is 41.1 Å². The Morgan fingerprint density at radius 3 is 2.93 bits per heavy atom. The molecule has 1 aromatic rings. The molecule has 0 aliphatic carbocycles. The predicted molar refractivity (Wildman–Crippen MR) is 64.9 cm³/mol. The Bertz CT molecular complexity index is 329. The van der Waals surface area contributed by atoms with E-state index in [4.69, 9.17) is 4.74 Å². The summed E-state index contributed by atoms with van der Waals surface area (Å²) in [6.07, 6.45) is 1.59. The molecule has 2 nitrogen and oxygen atoms in total. The maximum atomic E-state index is 6.01. The molecule has 1 aliphatic rings. The lowest BCUT2D eigenvalue weighted by Crippen LogP contribution is -2.40. The number of halogens is 1. The second-order valence-corrected chi connectivity index (χ2v) is 4.69. The van der Waals surface area contributed by atoms with E-state index in [0.717, 1.165) is 24.0 Å². The fourth-order valence-corrected chi connectivity index (χ4v) is 2.40. The molecule has 0 spiro atoms. The van der Waals surface area contributed by atoms with Gasteiger partial charge in [-0.3, -0.25) is 0 Å². The number of ether oxygens (including phenoxy) is 1. The van der Waals surface area contributed by atoms with E-state index in [9.17, 15) is 0 Å². The van der Waals surface area contributed by atoms with Crippen molar-refractivity contribution >= 4 is 15.9 Å². The van der Waals surface area contributed by atoms with Crippen molar-refractivity contribution in [2.24, 2.45) is 0 Å². The minimum absolute atomic E-state index is 0.180. The fraction of sp³-hybridized carbons (Fsp3) is 0.500. The SMILES string of the molecule is CCC1CNCC(c2ccccc2Br)O1. The van der Waals surface area contributed by atoms with Gasteiger partial charge in [-0.05, 0) is 18.1 Å². The van der Waals surface area contributed by atoms with Crippen LogP contribution in [0.4, 0.5) is 0 Å². The first-order valence-electron chi connectivity index (χ1n) is 5.42. The van der Waals surface area contributed by atoms with Crippen LogP contribution in [0, 0.1) is 0 Å². The maximum absolute atomic E-state index is 6.01. The Labute approximate surface area is 99.1 Å². The Morgan fingerprint density at radius 2 is 2.20 bits per heavy atom. The molecule has 1 saturated heterocycles. The van der Waals surface area contributed by atoms with E-state index >= 15 is 0 Å². The number of hydrogen-bond donors (Lipinski definition) is 1. The molecule has 82 valence electrons. The Kier molecular flexibility index (Phi) is 3.78. The summed E-state index contributed by atoms with van der Waals surface area (Å²) >= 11 is 3.57. The molecular formula is C12H16BrNO. The highest BCUT2D eigenvalue weighted by Gasteiger charge is 2.23. The van der Waals surface area contributed by atoms with Gasteiger partial charge in [-0.15, -0.1) is 0 Å². The van der Waals surface area contributed by atoms with E-state index < -0.39 is 0 Å². The first kappa shape index (κ1) is 11.1. The maximum Gasteiger partial charge on any atom is 0.0964 e. The van der Waals surface area contributed by atoms with E-state index in [2.05, 4.69) is 46.4 Å². The highest BCUT2D eigenvalue weighted by Crippen LogP contribution is 2.28. The molecule has 0 aromatic heterocycles. The van der Waals surface area contributed by atoms with Gasteiger partial charge < -0.3 is 10.1 Å². The van der Waals surface area contributed by atoms with Crippen LogP contribution in [-0.4, -0.2) is 19.2 Å². The van der Waals surface area contributed by atoms with E-state index in [1.807, 2.05) is 6.07 Å². The summed E-state index contributed by atoms with van der Waals surface area (Å²) in [6.45, 7) is 4.03. The summed E-state index contributed by atoms with van der Waals surface area (Å²) in [5.41, 5.74) is 1.24. The fourth-order valence-electron chi connectivity index (χ4n) is 1.86. The van der Waals surface area contributed by atoms with Crippen molar-refractivity contribution in [2.45, 2.75) is 25.6 Å². The average molecular weight is 270 g/mol. The van der Waals surface area contributed by atoms with Crippen LogP contribution in [0.2, 0.25) is 0 Å². The topological polar surface area (TPSA) is 21.3 Å². The monoisotopic (exact) mass is 269 g/mol. The third-order valence-corrected chi connectivity index (χ3v) is 3.49. The van der Waals surface area contributed by atoms with Crippen LogP contribution in [0.5, 0.6) is 0 Å². The standard InChI is InChI=1S/C12H16BrNO/c1-2-9-7-14-8-12(15-9)10-5-3-4-6-11(10)13/h3-6,9,12,14H,2,7-8H2,1H3. The average Bonchev–Trinajstić information content (AvgIpc) is 2.30. The molecule has 15 heavy (non-hydrogen) atoms. The lowest BCUT2D eigenvalue weighted by Gasteiger charge is -2.31. The lowest BCUT2D eigenvalue weighted by molar-refractivity contribution is -0.0403. The van der Waals surface area contributed by atoms with Crippen molar-refractivity contribution in [3.8, 4) is 0 Å². The minimum atomic E-state index is 0.180. The van der Waals surface area contributed by atoms with E-state index in [0.29, 0.717) is 6.10 Å². The molecule has 0 radical (unpaired) electrons. The highest BCUT2D eigenvalue weighted by atomic mass is 79.9. The normalized spacial score (nSPS) is 26.5. The zero-order valence-electron chi connectivity index (χ0n) is 8.87. The van der Waals surface area contributed by atoms with Crippen LogP contribution < -0.4 is 5.32 Å². The van der Waals surface area contributed by atoms with Crippen LogP contribution in [0.3, 0.4) is 0 Å². The second-order valence-electron chi connectivity index (χ2n) is 3.83. The zero-order valence-corrected chi connectivity index (χ0v) is 10.5. The molecule has 1 fully saturated rings. The van der Waals surface area contributed by atoms with Gasteiger partial charge in [-0.25, -0.2) is 0 Å². The summed E-state index contributed by atoms with van der Waals surface area (Å²) in [4.78, 5) is 0. The molecule has 1 N–H and O–H groups in total. The van der Waals surface area contributed by atoms with Gasteiger partial charge in [0.25, 0.3) is 0 Å². The molecule has 0 amide bonds. The van der Waals surface area contributed by atoms with Crippen LogP contribution >= 0.6 is 15.9 Å². The molecule has 1 aromatic carbocycles. The number of nitrogens with one attached hydrogen (secondary N) is 1. The number of rotatable bonds is 2. The molecular weight excluding hydrogens is 254 g/mol. The van der Waals surface area contributed by atoms with Gasteiger partial charge in [0.1, 0.15) is 0 Å². The number of hydrogen-bond acceptors (Lipinski definition) is 2. The van der Waals surface area contributed by atoms with Gasteiger partial charge in [0.15, 0.2) is 0 Å². The van der Waals surface area contributed by atoms with Crippen molar-refractivity contribution in [2.75, 3.05) is 13.1 Å².